The quantitative estimate of drug-likeness (QED) is 0.636. The summed E-state index contributed by atoms with van der Waals surface area (Å²) in [5.41, 5.74) is 9.50. The van der Waals surface area contributed by atoms with E-state index in [1.54, 1.807) is 12.1 Å². The normalized spacial score (nSPS) is 20.7. The van der Waals surface area contributed by atoms with Crippen LogP contribution in [0.15, 0.2) is 105 Å². The third-order valence-corrected chi connectivity index (χ3v) is 6.29. The number of aliphatic hydroxyl groups is 1. The molecule has 3 aromatic rings. The van der Waals surface area contributed by atoms with E-state index in [2.05, 4.69) is 10.2 Å². The van der Waals surface area contributed by atoms with Crippen LogP contribution in [0.2, 0.25) is 0 Å². The van der Waals surface area contributed by atoms with Gasteiger partial charge < -0.3 is 15.6 Å². The van der Waals surface area contributed by atoms with Crippen LogP contribution in [0.3, 0.4) is 0 Å². The molecule has 0 bridgehead atoms. The minimum absolute atomic E-state index is 0.207. The molecule has 1 atom stereocenters. The van der Waals surface area contributed by atoms with Crippen molar-refractivity contribution in [1.29, 1.82) is 0 Å². The number of ether oxygens (including phenoxy) is 1. The van der Waals surface area contributed by atoms with Crippen molar-refractivity contribution in [3.8, 4) is 5.75 Å². The number of hydrazone groups is 1. The van der Waals surface area contributed by atoms with Gasteiger partial charge in [0, 0.05) is 11.1 Å². The van der Waals surface area contributed by atoms with Gasteiger partial charge in [0.2, 0.25) is 5.72 Å². The molecule has 1 unspecified atom stereocenters. The standard InChI is InChI=1S/C26H22N6O2/c1-16-22-23-24(27)28-29-25(17-9-5-3-6-10-17)31(23)21-14-13-19(34-2)15-20(21)26(22,33)32(30-16)18-11-7-4-8-12-18/h3-15,33H,1-2H3,(H2,27,28). The molecule has 0 aromatic heterocycles. The van der Waals surface area contributed by atoms with Crippen LogP contribution in [-0.4, -0.2) is 29.6 Å². The summed E-state index contributed by atoms with van der Waals surface area (Å²) in [5, 5.41) is 27.6. The number of para-hydroxylation sites is 1. The number of rotatable bonds is 3. The highest BCUT2D eigenvalue weighted by Crippen LogP contribution is 2.52. The first-order chi connectivity index (χ1) is 16.5. The monoisotopic (exact) mass is 450 g/mol. The summed E-state index contributed by atoms with van der Waals surface area (Å²) in [6.07, 6.45) is 0. The predicted molar refractivity (Wildman–Crippen MR) is 133 cm³/mol. The molecule has 0 amide bonds. The maximum atomic E-state index is 12.5. The zero-order valence-electron chi connectivity index (χ0n) is 18.7. The third kappa shape index (κ3) is 2.66. The van der Waals surface area contributed by atoms with Crippen LogP contribution < -0.4 is 20.4 Å². The zero-order valence-corrected chi connectivity index (χ0v) is 18.7. The molecule has 34 heavy (non-hydrogen) atoms. The van der Waals surface area contributed by atoms with Crippen LogP contribution in [0, 0.1) is 0 Å². The Morgan fingerprint density at radius 1 is 0.941 bits per heavy atom. The Hall–Kier alpha value is -4.43. The molecule has 0 spiro atoms. The van der Waals surface area contributed by atoms with E-state index in [9.17, 15) is 5.11 Å². The summed E-state index contributed by atoms with van der Waals surface area (Å²) in [4.78, 5) is 1.95. The Kier molecular flexibility index (Phi) is 4.33. The van der Waals surface area contributed by atoms with Crippen LogP contribution in [-0.2, 0) is 5.72 Å². The van der Waals surface area contributed by atoms with Gasteiger partial charge in [0.15, 0.2) is 11.7 Å². The molecule has 0 saturated heterocycles. The lowest BCUT2D eigenvalue weighted by atomic mass is 9.84. The summed E-state index contributed by atoms with van der Waals surface area (Å²) in [7, 11) is 1.60. The lowest BCUT2D eigenvalue weighted by Crippen LogP contribution is -2.52. The van der Waals surface area contributed by atoms with Gasteiger partial charge in [0.25, 0.3) is 0 Å². The van der Waals surface area contributed by atoms with E-state index in [-0.39, 0.29) is 5.84 Å². The smallest absolute Gasteiger partial charge is 0.217 e. The van der Waals surface area contributed by atoms with E-state index in [0.29, 0.717) is 39.8 Å². The van der Waals surface area contributed by atoms with Crippen LogP contribution >= 0.6 is 0 Å². The maximum absolute atomic E-state index is 12.5. The van der Waals surface area contributed by atoms with Crippen molar-refractivity contribution in [1.82, 2.24) is 0 Å². The molecule has 8 heteroatoms. The van der Waals surface area contributed by atoms with Gasteiger partial charge in [-0.25, -0.2) is 5.01 Å². The predicted octanol–water partition coefficient (Wildman–Crippen LogP) is 3.54. The Balaban J connectivity index is 1.68. The molecular formula is C26H22N6O2. The molecule has 3 heterocycles. The molecule has 168 valence electrons. The van der Waals surface area contributed by atoms with E-state index in [0.717, 1.165) is 11.3 Å². The molecule has 8 nitrogen and oxygen atoms in total. The first-order valence-electron chi connectivity index (χ1n) is 10.9. The fourth-order valence-corrected chi connectivity index (χ4v) is 4.81. The van der Waals surface area contributed by atoms with Crippen molar-refractivity contribution in [2.45, 2.75) is 12.6 Å². The molecule has 0 saturated carbocycles. The maximum Gasteiger partial charge on any atom is 0.217 e. The second-order valence-corrected chi connectivity index (χ2v) is 8.22. The Morgan fingerprint density at radius 2 is 1.65 bits per heavy atom. The van der Waals surface area contributed by atoms with E-state index in [4.69, 9.17) is 15.6 Å². The molecule has 0 radical (unpaired) electrons. The van der Waals surface area contributed by atoms with E-state index in [1.807, 2.05) is 90.7 Å². The van der Waals surface area contributed by atoms with Gasteiger partial charge in [0.1, 0.15) is 11.4 Å². The average Bonchev–Trinajstić information content (AvgIpc) is 3.16. The lowest BCUT2D eigenvalue weighted by Gasteiger charge is -2.44. The second-order valence-electron chi connectivity index (χ2n) is 8.22. The summed E-state index contributed by atoms with van der Waals surface area (Å²) in [6, 6.07) is 24.9. The van der Waals surface area contributed by atoms with Gasteiger partial charge >= 0.3 is 0 Å². The topological polar surface area (TPSA) is 99.0 Å². The summed E-state index contributed by atoms with van der Waals surface area (Å²) in [5.74, 6) is 1.43. The van der Waals surface area contributed by atoms with Gasteiger partial charge in [-0.05, 0) is 37.3 Å². The largest absolute Gasteiger partial charge is 0.497 e. The highest BCUT2D eigenvalue weighted by atomic mass is 16.5. The molecule has 0 aliphatic carbocycles. The highest BCUT2D eigenvalue weighted by molar-refractivity contribution is 6.25. The number of nitrogens with zero attached hydrogens (tertiary/aromatic N) is 5. The van der Waals surface area contributed by atoms with E-state index < -0.39 is 5.72 Å². The van der Waals surface area contributed by atoms with Crippen molar-refractivity contribution in [2.75, 3.05) is 17.0 Å². The number of anilines is 2. The molecule has 3 aliphatic heterocycles. The molecule has 6 rings (SSSR count). The number of methoxy groups -OCH3 is 1. The zero-order chi connectivity index (χ0) is 23.4. The SMILES string of the molecule is COc1ccc2c(c1)C1(O)C(=C3C(N)=NN=C(c4ccccc4)N32)C(C)=NN1c1ccccc1. The molecular weight excluding hydrogens is 428 g/mol. The van der Waals surface area contributed by atoms with E-state index >= 15 is 0 Å². The number of benzene rings is 3. The van der Waals surface area contributed by atoms with Gasteiger partial charge in [-0.3, -0.25) is 4.90 Å². The number of nitrogens with two attached hydrogens (primary N) is 1. The average molecular weight is 451 g/mol. The van der Waals surface area contributed by atoms with Crippen LogP contribution in [0.4, 0.5) is 11.4 Å². The number of hydrogen-bond acceptors (Lipinski definition) is 8. The van der Waals surface area contributed by atoms with Gasteiger partial charge in [-0.2, -0.15) is 5.10 Å². The van der Waals surface area contributed by atoms with Crippen molar-refractivity contribution in [2.24, 2.45) is 21.0 Å². The minimum Gasteiger partial charge on any atom is -0.497 e. The minimum atomic E-state index is -1.62. The Labute approximate surface area is 196 Å². The van der Waals surface area contributed by atoms with Crippen molar-refractivity contribution in [3.63, 3.8) is 0 Å². The van der Waals surface area contributed by atoms with Gasteiger partial charge in [-0.1, -0.05) is 48.5 Å². The number of hydrogen-bond donors (Lipinski definition) is 2. The van der Waals surface area contributed by atoms with Crippen LogP contribution in [0.5, 0.6) is 5.75 Å². The summed E-state index contributed by atoms with van der Waals surface area (Å²) >= 11 is 0. The first-order valence-corrected chi connectivity index (χ1v) is 10.9. The van der Waals surface area contributed by atoms with Gasteiger partial charge in [0.05, 0.1) is 29.8 Å². The highest BCUT2D eigenvalue weighted by Gasteiger charge is 2.55. The fraction of sp³-hybridized carbons (Fsp3) is 0.115. The number of amidine groups is 2. The van der Waals surface area contributed by atoms with Crippen LogP contribution in [0.1, 0.15) is 18.1 Å². The molecule has 3 N–H and O–H groups in total. The Bertz CT molecular complexity index is 1430. The van der Waals surface area contributed by atoms with Crippen molar-refractivity contribution < 1.29 is 9.84 Å². The summed E-state index contributed by atoms with van der Waals surface area (Å²) < 4.78 is 5.53. The van der Waals surface area contributed by atoms with Gasteiger partial charge in [-0.15, -0.1) is 10.2 Å². The Morgan fingerprint density at radius 3 is 2.35 bits per heavy atom. The fourth-order valence-electron chi connectivity index (χ4n) is 4.81. The van der Waals surface area contributed by atoms with Crippen LogP contribution in [0.25, 0.3) is 0 Å². The van der Waals surface area contributed by atoms with Crippen molar-refractivity contribution in [3.05, 3.63) is 101 Å². The number of fused-ring (bicyclic) bond motifs is 5. The third-order valence-electron chi connectivity index (χ3n) is 6.29. The van der Waals surface area contributed by atoms with Crippen molar-refractivity contribution >= 4 is 28.8 Å². The lowest BCUT2D eigenvalue weighted by molar-refractivity contribution is 0.0829. The van der Waals surface area contributed by atoms with E-state index in [1.165, 1.54) is 0 Å². The summed E-state index contributed by atoms with van der Waals surface area (Å²) in [6.45, 7) is 1.86. The molecule has 3 aliphatic rings. The first kappa shape index (κ1) is 20.2. The second kappa shape index (κ2) is 7.29. The molecule has 0 fully saturated rings. The molecule has 3 aromatic carbocycles.